The summed E-state index contributed by atoms with van der Waals surface area (Å²) in [6, 6.07) is 2.19. The predicted octanol–water partition coefficient (Wildman–Crippen LogP) is 1.50. The molecule has 0 bridgehead atoms. The average Bonchev–Trinajstić information content (AvgIpc) is 2.28. The molecule has 1 saturated heterocycles. The summed E-state index contributed by atoms with van der Waals surface area (Å²) in [7, 11) is 0. The van der Waals surface area contributed by atoms with E-state index in [1.165, 1.54) is 0 Å². The number of ether oxygens (including phenoxy) is 1. The summed E-state index contributed by atoms with van der Waals surface area (Å²) >= 11 is 0. The van der Waals surface area contributed by atoms with Crippen LogP contribution in [0.1, 0.15) is 32.4 Å². The fourth-order valence-electron chi connectivity index (χ4n) is 2.07. The normalized spacial score (nSPS) is 17.3. The summed E-state index contributed by atoms with van der Waals surface area (Å²) in [5.41, 5.74) is 6.84. The van der Waals surface area contributed by atoms with E-state index in [1.807, 2.05) is 26.8 Å². The maximum Gasteiger partial charge on any atom is 0.228 e. The molecule has 0 aromatic carbocycles. The molecule has 1 aromatic rings. The second-order valence-electron chi connectivity index (χ2n) is 5.14. The smallest absolute Gasteiger partial charge is 0.228 e. The van der Waals surface area contributed by atoms with Crippen LogP contribution in [0.4, 0.5) is 5.95 Å². The Morgan fingerprint density at radius 1 is 1.33 bits per heavy atom. The quantitative estimate of drug-likeness (QED) is 0.880. The van der Waals surface area contributed by atoms with Crippen LogP contribution in [0, 0.1) is 6.92 Å². The largest absolute Gasteiger partial charge is 0.475 e. The summed E-state index contributed by atoms with van der Waals surface area (Å²) in [6.07, 6.45) is 2.12. The van der Waals surface area contributed by atoms with E-state index in [-0.39, 0.29) is 6.10 Å². The van der Waals surface area contributed by atoms with Gasteiger partial charge >= 0.3 is 0 Å². The van der Waals surface area contributed by atoms with Crippen molar-refractivity contribution >= 4 is 5.95 Å². The lowest BCUT2D eigenvalue weighted by molar-refractivity contribution is 0.232. The number of piperidine rings is 1. The van der Waals surface area contributed by atoms with E-state index in [4.69, 9.17) is 10.5 Å². The molecule has 18 heavy (non-hydrogen) atoms. The zero-order valence-electron chi connectivity index (χ0n) is 11.4. The van der Waals surface area contributed by atoms with Gasteiger partial charge in [0.05, 0.1) is 6.10 Å². The van der Waals surface area contributed by atoms with Crippen LogP contribution in [0.2, 0.25) is 0 Å². The SMILES string of the molecule is Cc1cc(OC(C)C)nc(N2CCC(N)CC2)n1. The molecular formula is C13H22N4O. The molecule has 2 N–H and O–H groups in total. The zero-order chi connectivity index (χ0) is 13.1. The molecular weight excluding hydrogens is 228 g/mol. The van der Waals surface area contributed by atoms with Crippen molar-refractivity contribution in [3.05, 3.63) is 11.8 Å². The third-order valence-electron chi connectivity index (χ3n) is 3.00. The Hall–Kier alpha value is -1.36. The van der Waals surface area contributed by atoms with Crippen molar-refractivity contribution in [3.63, 3.8) is 0 Å². The zero-order valence-corrected chi connectivity index (χ0v) is 11.4. The van der Waals surface area contributed by atoms with Crippen molar-refractivity contribution in [2.24, 2.45) is 5.73 Å². The Kier molecular flexibility index (Phi) is 4.01. The lowest BCUT2D eigenvalue weighted by atomic mass is 10.1. The summed E-state index contributed by atoms with van der Waals surface area (Å²) < 4.78 is 5.65. The van der Waals surface area contributed by atoms with Crippen LogP contribution in [-0.4, -0.2) is 35.2 Å². The minimum atomic E-state index is 0.127. The van der Waals surface area contributed by atoms with Gasteiger partial charge in [-0.25, -0.2) is 4.98 Å². The first kappa shape index (κ1) is 13.1. The second-order valence-corrected chi connectivity index (χ2v) is 5.14. The van der Waals surface area contributed by atoms with Crippen LogP contribution in [0.25, 0.3) is 0 Å². The maximum atomic E-state index is 5.91. The molecule has 0 unspecified atom stereocenters. The molecule has 1 aliphatic heterocycles. The van der Waals surface area contributed by atoms with Gasteiger partial charge in [0.2, 0.25) is 11.8 Å². The van der Waals surface area contributed by atoms with Gasteiger partial charge in [0, 0.05) is 30.9 Å². The third-order valence-corrected chi connectivity index (χ3v) is 3.00. The topological polar surface area (TPSA) is 64.3 Å². The van der Waals surface area contributed by atoms with E-state index in [9.17, 15) is 0 Å². The highest BCUT2D eigenvalue weighted by Gasteiger charge is 2.19. The first-order valence-corrected chi connectivity index (χ1v) is 6.57. The second kappa shape index (κ2) is 5.52. The number of nitrogens with zero attached hydrogens (tertiary/aromatic N) is 3. The van der Waals surface area contributed by atoms with E-state index >= 15 is 0 Å². The Labute approximate surface area is 108 Å². The van der Waals surface area contributed by atoms with Crippen molar-refractivity contribution < 1.29 is 4.74 Å². The van der Waals surface area contributed by atoms with E-state index < -0.39 is 0 Å². The van der Waals surface area contributed by atoms with Crippen molar-refractivity contribution in [1.29, 1.82) is 0 Å². The fourth-order valence-corrected chi connectivity index (χ4v) is 2.07. The highest BCUT2D eigenvalue weighted by atomic mass is 16.5. The molecule has 5 nitrogen and oxygen atoms in total. The van der Waals surface area contributed by atoms with Gasteiger partial charge in [-0.15, -0.1) is 0 Å². The molecule has 0 amide bonds. The number of aryl methyl sites for hydroxylation is 1. The number of hydrogen-bond donors (Lipinski definition) is 1. The Balaban J connectivity index is 2.14. The van der Waals surface area contributed by atoms with Crippen LogP contribution >= 0.6 is 0 Å². The summed E-state index contributed by atoms with van der Waals surface area (Å²) in [5.74, 6) is 1.42. The molecule has 2 rings (SSSR count). The molecule has 0 spiro atoms. The molecule has 1 aromatic heterocycles. The maximum absolute atomic E-state index is 5.91. The molecule has 2 heterocycles. The van der Waals surface area contributed by atoms with Gasteiger partial charge in [0.25, 0.3) is 0 Å². The molecule has 0 radical (unpaired) electrons. The average molecular weight is 250 g/mol. The third kappa shape index (κ3) is 3.32. The highest BCUT2D eigenvalue weighted by Crippen LogP contribution is 2.19. The summed E-state index contributed by atoms with van der Waals surface area (Å²) in [5, 5.41) is 0. The molecule has 0 atom stereocenters. The van der Waals surface area contributed by atoms with E-state index in [1.54, 1.807) is 0 Å². The van der Waals surface area contributed by atoms with Crippen molar-refractivity contribution in [3.8, 4) is 5.88 Å². The van der Waals surface area contributed by atoms with Gasteiger partial charge in [-0.05, 0) is 33.6 Å². The lowest BCUT2D eigenvalue weighted by Gasteiger charge is -2.30. The number of aromatic nitrogens is 2. The molecule has 0 aliphatic carbocycles. The van der Waals surface area contributed by atoms with Crippen molar-refractivity contribution in [1.82, 2.24) is 9.97 Å². The van der Waals surface area contributed by atoms with E-state index in [0.717, 1.165) is 37.6 Å². The summed E-state index contributed by atoms with van der Waals surface area (Å²) in [6.45, 7) is 7.81. The number of anilines is 1. The first-order chi connectivity index (χ1) is 8.54. The van der Waals surface area contributed by atoms with Crippen molar-refractivity contribution in [2.45, 2.75) is 45.8 Å². The van der Waals surface area contributed by atoms with Gasteiger partial charge < -0.3 is 15.4 Å². The minimum Gasteiger partial charge on any atom is -0.475 e. The molecule has 1 fully saturated rings. The van der Waals surface area contributed by atoms with E-state index in [2.05, 4.69) is 14.9 Å². The van der Waals surface area contributed by atoms with Crippen LogP contribution < -0.4 is 15.4 Å². The Morgan fingerprint density at radius 3 is 2.61 bits per heavy atom. The van der Waals surface area contributed by atoms with Crippen molar-refractivity contribution in [2.75, 3.05) is 18.0 Å². The van der Waals surface area contributed by atoms with Gasteiger partial charge in [0.1, 0.15) is 0 Å². The standard InChI is InChI=1S/C13H22N4O/c1-9(2)18-12-8-10(3)15-13(16-12)17-6-4-11(14)5-7-17/h8-9,11H,4-7,14H2,1-3H3. The van der Waals surface area contributed by atoms with Gasteiger partial charge in [-0.1, -0.05) is 0 Å². The van der Waals surface area contributed by atoms with Gasteiger partial charge in [0.15, 0.2) is 0 Å². The summed E-state index contributed by atoms with van der Waals surface area (Å²) in [4.78, 5) is 11.1. The van der Waals surface area contributed by atoms with E-state index in [0.29, 0.717) is 11.9 Å². The first-order valence-electron chi connectivity index (χ1n) is 6.57. The number of hydrogen-bond acceptors (Lipinski definition) is 5. The highest BCUT2D eigenvalue weighted by molar-refractivity contribution is 5.35. The van der Waals surface area contributed by atoms with Crippen LogP contribution in [0.15, 0.2) is 6.07 Å². The Bertz CT molecular complexity index is 400. The monoisotopic (exact) mass is 250 g/mol. The molecule has 0 saturated carbocycles. The molecule has 100 valence electrons. The van der Waals surface area contributed by atoms with Crippen LogP contribution in [-0.2, 0) is 0 Å². The van der Waals surface area contributed by atoms with Gasteiger partial charge in [-0.2, -0.15) is 4.98 Å². The number of nitrogens with two attached hydrogens (primary N) is 1. The Morgan fingerprint density at radius 2 is 2.00 bits per heavy atom. The van der Waals surface area contributed by atoms with Crippen LogP contribution in [0.3, 0.4) is 0 Å². The van der Waals surface area contributed by atoms with Gasteiger partial charge in [-0.3, -0.25) is 0 Å². The molecule has 5 heteroatoms. The molecule has 1 aliphatic rings. The van der Waals surface area contributed by atoms with Crippen LogP contribution in [0.5, 0.6) is 5.88 Å². The number of rotatable bonds is 3. The predicted molar refractivity (Wildman–Crippen MR) is 72.0 cm³/mol. The lowest BCUT2D eigenvalue weighted by Crippen LogP contribution is -2.40. The fraction of sp³-hybridized carbons (Fsp3) is 0.692. The minimum absolute atomic E-state index is 0.127.